The van der Waals surface area contributed by atoms with Crippen LogP contribution in [0.2, 0.25) is 0 Å². The lowest BCUT2D eigenvalue weighted by Gasteiger charge is -2.02. The van der Waals surface area contributed by atoms with Crippen LogP contribution in [-0.4, -0.2) is 26.0 Å². The molecule has 1 aliphatic rings. The highest BCUT2D eigenvalue weighted by Crippen LogP contribution is 2.04. The maximum Gasteiger partial charge on any atom is 0.0811 e. The van der Waals surface area contributed by atoms with E-state index in [0.29, 0.717) is 0 Å². The zero-order chi connectivity index (χ0) is 5.98. The van der Waals surface area contributed by atoms with E-state index in [1.54, 1.807) is 4.90 Å². The number of alkyl halides is 1. The molecule has 0 saturated carbocycles. The highest BCUT2D eigenvalue weighted by atomic mass is 35.5. The molecule has 1 heterocycles. The highest BCUT2D eigenvalue weighted by Gasteiger charge is 2.21. The lowest BCUT2D eigenvalue weighted by atomic mass is 10.2. The van der Waals surface area contributed by atoms with Crippen molar-refractivity contribution in [2.75, 3.05) is 26.0 Å². The van der Waals surface area contributed by atoms with E-state index in [1.165, 1.54) is 19.5 Å². The molecular weight excluding hydrogens is 122 g/mol. The predicted molar refractivity (Wildman–Crippen MR) is 35.4 cm³/mol. The first-order valence-corrected chi connectivity index (χ1v) is 3.73. The third kappa shape index (κ3) is 1.36. The maximum absolute atomic E-state index is 5.66. The first kappa shape index (κ1) is 6.37. The first-order chi connectivity index (χ1) is 3.83. The molecule has 0 aromatic rings. The molecule has 8 heavy (non-hydrogen) atoms. The van der Waals surface area contributed by atoms with Crippen molar-refractivity contribution in [3.63, 3.8) is 0 Å². The molecule has 1 saturated heterocycles. The third-order valence-corrected chi connectivity index (χ3v) is 2.27. The van der Waals surface area contributed by atoms with Crippen LogP contribution < -0.4 is 4.90 Å². The molecule has 0 aliphatic carbocycles. The molecule has 0 aromatic heterocycles. The second kappa shape index (κ2) is 2.70. The van der Waals surface area contributed by atoms with Crippen molar-refractivity contribution in [3.05, 3.63) is 0 Å². The lowest BCUT2D eigenvalue weighted by Crippen LogP contribution is -3.07. The second-order valence-corrected chi connectivity index (χ2v) is 3.03. The molecule has 1 N–H and O–H groups in total. The molecule has 0 spiro atoms. The number of quaternary nitrogens is 1. The molecule has 0 amide bonds. The van der Waals surface area contributed by atoms with Crippen molar-refractivity contribution < 1.29 is 4.90 Å². The van der Waals surface area contributed by atoms with Crippen molar-refractivity contribution in [1.29, 1.82) is 0 Å². The van der Waals surface area contributed by atoms with Gasteiger partial charge in [0.05, 0.1) is 20.1 Å². The number of hydrogen-bond acceptors (Lipinski definition) is 0. The number of rotatable bonds is 1. The highest BCUT2D eigenvalue weighted by molar-refractivity contribution is 6.18. The van der Waals surface area contributed by atoms with Gasteiger partial charge in [-0.05, 0) is 0 Å². The Hall–Kier alpha value is 0.250. The van der Waals surface area contributed by atoms with E-state index < -0.39 is 0 Å². The number of hydrogen-bond donors (Lipinski definition) is 1. The summed E-state index contributed by atoms with van der Waals surface area (Å²) >= 11 is 5.66. The van der Waals surface area contributed by atoms with Gasteiger partial charge in [-0.1, -0.05) is 0 Å². The molecule has 1 rings (SSSR count). The summed E-state index contributed by atoms with van der Waals surface area (Å²) in [6, 6.07) is 0. The van der Waals surface area contributed by atoms with Crippen LogP contribution in [0.15, 0.2) is 0 Å². The minimum absolute atomic E-state index is 0.802. The van der Waals surface area contributed by atoms with E-state index in [1.807, 2.05) is 0 Å². The van der Waals surface area contributed by atoms with Gasteiger partial charge in [-0.25, -0.2) is 0 Å². The number of nitrogens with one attached hydrogen (secondary N) is 1. The predicted octanol–water partition coefficient (Wildman–Crippen LogP) is -0.240. The molecule has 48 valence electrons. The average Bonchev–Trinajstić information content (AvgIpc) is 2.14. The van der Waals surface area contributed by atoms with Crippen molar-refractivity contribution in [2.45, 2.75) is 6.42 Å². The summed E-state index contributed by atoms with van der Waals surface area (Å²) in [5.74, 6) is 1.66. The average molecular weight is 135 g/mol. The Labute approximate surface area is 55.6 Å². The summed E-state index contributed by atoms with van der Waals surface area (Å²) in [4.78, 5) is 1.63. The molecule has 2 atom stereocenters. The van der Waals surface area contributed by atoms with Gasteiger partial charge < -0.3 is 4.90 Å². The monoisotopic (exact) mass is 134 g/mol. The van der Waals surface area contributed by atoms with Gasteiger partial charge in [0, 0.05) is 18.2 Å². The van der Waals surface area contributed by atoms with Gasteiger partial charge in [-0.3, -0.25) is 0 Å². The van der Waals surface area contributed by atoms with Crippen molar-refractivity contribution >= 4 is 11.6 Å². The van der Waals surface area contributed by atoms with Crippen LogP contribution >= 0.6 is 11.6 Å². The van der Waals surface area contributed by atoms with E-state index >= 15 is 0 Å². The summed E-state index contributed by atoms with van der Waals surface area (Å²) in [6.45, 7) is 2.60. The quantitative estimate of drug-likeness (QED) is 0.473. The van der Waals surface area contributed by atoms with Crippen LogP contribution in [0.25, 0.3) is 0 Å². The van der Waals surface area contributed by atoms with E-state index in [0.717, 1.165) is 11.8 Å². The van der Waals surface area contributed by atoms with Gasteiger partial charge in [0.25, 0.3) is 0 Å². The minimum Gasteiger partial charge on any atom is -0.337 e. The normalized spacial score (nSPS) is 38.2. The minimum atomic E-state index is 0.802. The molecule has 1 unspecified atom stereocenters. The number of likely N-dealkylation sites (tertiary alicyclic amines) is 1. The molecule has 0 bridgehead atoms. The lowest BCUT2D eigenvalue weighted by molar-refractivity contribution is -0.867. The van der Waals surface area contributed by atoms with Crippen molar-refractivity contribution in [3.8, 4) is 0 Å². The Kier molecular flexibility index (Phi) is 2.15. The van der Waals surface area contributed by atoms with Gasteiger partial charge in [0.15, 0.2) is 0 Å². The summed E-state index contributed by atoms with van der Waals surface area (Å²) in [7, 11) is 2.23. The molecule has 0 aromatic carbocycles. The van der Waals surface area contributed by atoms with Crippen LogP contribution in [-0.2, 0) is 0 Å². The molecular formula is C6H13ClN+. The summed E-state index contributed by atoms with van der Waals surface area (Å²) < 4.78 is 0. The van der Waals surface area contributed by atoms with E-state index in [9.17, 15) is 0 Å². The van der Waals surface area contributed by atoms with Gasteiger partial charge >= 0.3 is 0 Å². The standard InChI is InChI=1S/C6H12ClN/c1-8-3-2-6(4-7)5-8/h6H,2-5H2,1H3/p+1/t6-/m0/s1. The maximum atomic E-state index is 5.66. The van der Waals surface area contributed by atoms with Crippen LogP contribution in [0.4, 0.5) is 0 Å². The molecule has 2 heteroatoms. The zero-order valence-corrected chi connectivity index (χ0v) is 6.04. The molecule has 1 fully saturated rings. The molecule has 1 nitrogen and oxygen atoms in total. The van der Waals surface area contributed by atoms with Gasteiger partial charge in [0.2, 0.25) is 0 Å². The summed E-state index contributed by atoms with van der Waals surface area (Å²) in [6.07, 6.45) is 1.33. The summed E-state index contributed by atoms with van der Waals surface area (Å²) in [5.41, 5.74) is 0. The SMILES string of the molecule is C[NH+]1CC[C@@H](CCl)C1. The van der Waals surface area contributed by atoms with E-state index in [2.05, 4.69) is 7.05 Å². The topological polar surface area (TPSA) is 4.44 Å². The second-order valence-electron chi connectivity index (χ2n) is 2.72. The fourth-order valence-electron chi connectivity index (χ4n) is 1.28. The Balaban J connectivity index is 2.22. The van der Waals surface area contributed by atoms with Crippen LogP contribution in [0.3, 0.4) is 0 Å². The van der Waals surface area contributed by atoms with Crippen molar-refractivity contribution in [2.24, 2.45) is 5.92 Å². The van der Waals surface area contributed by atoms with Crippen molar-refractivity contribution in [1.82, 2.24) is 0 Å². The fraction of sp³-hybridized carbons (Fsp3) is 1.00. The third-order valence-electron chi connectivity index (χ3n) is 1.83. The number of halogens is 1. The Morgan fingerprint density at radius 2 is 2.50 bits per heavy atom. The fourth-order valence-corrected chi connectivity index (χ4v) is 1.54. The van der Waals surface area contributed by atoms with Gasteiger partial charge in [-0.2, -0.15) is 0 Å². The first-order valence-electron chi connectivity index (χ1n) is 3.20. The van der Waals surface area contributed by atoms with Crippen LogP contribution in [0.1, 0.15) is 6.42 Å². The Morgan fingerprint density at radius 3 is 2.75 bits per heavy atom. The Morgan fingerprint density at radius 1 is 1.75 bits per heavy atom. The molecule has 0 radical (unpaired) electrons. The Bertz CT molecular complexity index is 74.9. The smallest absolute Gasteiger partial charge is 0.0811 e. The van der Waals surface area contributed by atoms with Crippen LogP contribution in [0.5, 0.6) is 0 Å². The largest absolute Gasteiger partial charge is 0.337 e. The molecule has 1 aliphatic heterocycles. The van der Waals surface area contributed by atoms with Crippen LogP contribution in [0, 0.1) is 5.92 Å². The van der Waals surface area contributed by atoms with Gasteiger partial charge in [-0.15, -0.1) is 11.6 Å². The van der Waals surface area contributed by atoms with E-state index in [-0.39, 0.29) is 0 Å². The zero-order valence-electron chi connectivity index (χ0n) is 5.28. The van der Waals surface area contributed by atoms with E-state index in [4.69, 9.17) is 11.6 Å². The van der Waals surface area contributed by atoms with Gasteiger partial charge in [0.1, 0.15) is 0 Å². The summed E-state index contributed by atoms with van der Waals surface area (Å²) in [5, 5.41) is 0.